The molecule has 0 amide bonds. The van der Waals surface area contributed by atoms with Gasteiger partial charge in [-0.3, -0.25) is 5.41 Å². The second-order valence-electron chi connectivity index (χ2n) is 5.21. The third-order valence-electron chi connectivity index (χ3n) is 3.72. The summed E-state index contributed by atoms with van der Waals surface area (Å²) in [6.07, 6.45) is 6.04. The Labute approximate surface area is 114 Å². The van der Waals surface area contributed by atoms with E-state index in [2.05, 4.69) is 21.8 Å². The molecule has 0 saturated carbocycles. The summed E-state index contributed by atoms with van der Waals surface area (Å²) in [6, 6.07) is 2.27. The maximum absolute atomic E-state index is 7.55. The van der Waals surface area contributed by atoms with Crippen LogP contribution in [-0.2, 0) is 0 Å². The zero-order valence-corrected chi connectivity index (χ0v) is 11.8. The molecule has 0 radical (unpaired) electrons. The Bertz CT molecular complexity index is 457. The molecule has 1 atom stereocenters. The van der Waals surface area contributed by atoms with E-state index in [0.717, 1.165) is 24.6 Å². The van der Waals surface area contributed by atoms with E-state index in [1.165, 1.54) is 25.7 Å². The number of anilines is 1. The molecule has 2 heterocycles. The number of aromatic nitrogens is 2. The number of rotatable bonds is 3. The van der Waals surface area contributed by atoms with Crippen LogP contribution in [0.15, 0.2) is 6.07 Å². The van der Waals surface area contributed by atoms with E-state index in [1.807, 2.05) is 6.92 Å². The fourth-order valence-corrected chi connectivity index (χ4v) is 2.68. The number of nitrogen functional groups attached to an aromatic ring is 1. The van der Waals surface area contributed by atoms with Crippen LogP contribution in [-0.4, -0.2) is 28.4 Å². The summed E-state index contributed by atoms with van der Waals surface area (Å²) in [4.78, 5) is 11.3. The van der Waals surface area contributed by atoms with Crippen LogP contribution in [0.3, 0.4) is 0 Å². The molecule has 5 nitrogen and oxygen atoms in total. The highest BCUT2D eigenvalue weighted by molar-refractivity contribution is 5.93. The van der Waals surface area contributed by atoms with Gasteiger partial charge in [0.25, 0.3) is 0 Å². The van der Waals surface area contributed by atoms with Crippen LogP contribution in [0.25, 0.3) is 0 Å². The van der Waals surface area contributed by atoms with E-state index in [0.29, 0.717) is 11.7 Å². The molecule has 1 aromatic rings. The van der Waals surface area contributed by atoms with Gasteiger partial charge in [-0.1, -0.05) is 19.8 Å². The fourth-order valence-electron chi connectivity index (χ4n) is 2.68. The summed E-state index contributed by atoms with van der Waals surface area (Å²) in [7, 11) is 0. The maximum Gasteiger partial charge on any atom is 0.226 e. The highest BCUT2D eigenvalue weighted by Gasteiger charge is 2.22. The van der Waals surface area contributed by atoms with Crippen molar-refractivity contribution in [1.29, 1.82) is 5.41 Å². The Morgan fingerprint density at radius 3 is 2.89 bits per heavy atom. The minimum absolute atomic E-state index is 0.00891. The zero-order valence-electron chi connectivity index (χ0n) is 11.8. The van der Waals surface area contributed by atoms with Crippen molar-refractivity contribution in [3.05, 3.63) is 17.5 Å². The average molecular weight is 261 g/mol. The monoisotopic (exact) mass is 261 g/mol. The van der Waals surface area contributed by atoms with Crippen LogP contribution in [0.4, 0.5) is 5.95 Å². The van der Waals surface area contributed by atoms with Gasteiger partial charge in [0.15, 0.2) is 0 Å². The van der Waals surface area contributed by atoms with Crippen LogP contribution in [0.1, 0.15) is 50.4 Å². The molecule has 1 fully saturated rings. The predicted molar refractivity (Wildman–Crippen MR) is 77.7 cm³/mol. The molecule has 1 aliphatic rings. The van der Waals surface area contributed by atoms with Gasteiger partial charge in [-0.15, -0.1) is 0 Å². The van der Waals surface area contributed by atoms with Gasteiger partial charge in [0, 0.05) is 18.3 Å². The van der Waals surface area contributed by atoms with E-state index in [1.54, 1.807) is 6.07 Å². The summed E-state index contributed by atoms with van der Waals surface area (Å²) in [6.45, 7) is 5.14. The van der Waals surface area contributed by atoms with Crippen molar-refractivity contribution in [2.24, 2.45) is 5.73 Å². The van der Waals surface area contributed by atoms with Crippen molar-refractivity contribution in [1.82, 2.24) is 9.97 Å². The fraction of sp³-hybridized carbons (Fsp3) is 0.643. The van der Waals surface area contributed by atoms with Gasteiger partial charge < -0.3 is 10.6 Å². The van der Waals surface area contributed by atoms with Crippen LogP contribution in [0.2, 0.25) is 0 Å². The lowest BCUT2D eigenvalue weighted by Crippen LogP contribution is -2.36. The molecule has 3 N–H and O–H groups in total. The minimum atomic E-state index is 0.00891. The molecule has 0 spiro atoms. The summed E-state index contributed by atoms with van der Waals surface area (Å²) in [5, 5.41) is 7.55. The van der Waals surface area contributed by atoms with Crippen molar-refractivity contribution in [2.75, 3.05) is 11.4 Å². The van der Waals surface area contributed by atoms with E-state index < -0.39 is 0 Å². The van der Waals surface area contributed by atoms with Gasteiger partial charge in [-0.05, 0) is 32.3 Å². The first-order valence-corrected chi connectivity index (χ1v) is 7.08. The third kappa shape index (κ3) is 3.22. The molecule has 5 heteroatoms. The van der Waals surface area contributed by atoms with Gasteiger partial charge in [-0.2, -0.15) is 0 Å². The normalized spacial score (nSPS) is 20.1. The molecule has 1 aliphatic heterocycles. The molecule has 104 valence electrons. The zero-order chi connectivity index (χ0) is 13.8. The van der Waals surface area contributed by atoms with Crippen molar-refractivity contribution in [2.45, 2.75) is 52.0 Å². The quantitative estimate of drug-likeness (QED) is 0.646. The lowest BCUT2D eigenvalue weighted by Gasteiger charge is -2.29. The Morgan fingerprint density at radius 2 is 2.21 bits per heavy atom. The third-order valence-corrected chi connectivity index (χ3v) is 3.72. The second-order valence-corrected chi connectivity index (χ2v) is 5.21. The predicted octanol–water partition coefficient (Wildman–Crippen LogP) is 2.23. The number of nitrogens with one attached hydrogen (secondary N) is 1. The number of nitrogens with two attached hydrogens (primary N) is 1. The Hall–Kier alpha value is -1.65. The molecule has 0 aromatic carbocycles. The van der Waals surface area contributed by atoms with E-state index >= 15 is 0 Å². The lowest BCUT2D eigenvalue weighted by atomic mass is 10.1. The van der Waals surface area contributed by atoms with Gasteiger partial charge >= 0.3 is 0 Å². The van der Waals surface area contributed by atoms with Gasteiger partial charge in [0.1, 0.15) is 11.5 Å². The first kappa shape index (κ1) is 13.8. The molecule has 1 unspecified atom stereocenters. The summed E-state index contributed by atoms with van der Waals surface area (Å²) < 4.78 is 0. The Morgan fingerprint density at radius 1 is 1.42 bits per heavy atom. The van der Waals surface area contributed by atoms with Gasteiger partial charge in [0.2, 0.25) is 5.95 Å². The number of amidine groups is 1. The second kappa shape index (κ2) is 5.99. The van der Waals surface area contributed by atoms with E-state index in [9.17, 15) is 0 Å². The molecule has 1 aromatic heterocycles. The van der Waals surface area contributed by atoms with Crippen LogP contribution in [0, 0.1) is 12.3 Å². The molecule has 1 saturated heterocycles. The highest BCUT2D eigenvalue weighted by atomic mass is 15.3. The Kier molecular flexibility index (Phi) is 4.35. The molecule has 19 heavy (non-hydrogen) atoms. The molecule has 0 bridgehead atoms. The largest absolute Gasteiger partial charge is 0.382 e. The minimum Gasteiger partial charge on any atom is -0.382 e. The average Bonchev–Trinajstić information content (AvgIpc) is 2.62. The van der Waals surface area contributed by atoms with Gasteiger partial charge in [-0.25, -0.2) is 9.97 Å². The lowest BCUT2D eigenvalue weighted by molar-refractivity contribution is 0.547. The number of hydrogen-bond donors (Lipinski definition) is 2. The topological polar surface area (TPSA) is 78.9 Å². The molecule has 2 rings (SSSR count). The van der Waals surface area contributed by atoms with Crippen LogP contribution >= 0.6 is 0 Å². The van der Waals surface area contributed by atoms with Crippen molar-refractivity contribution in [3.63, 3.8) is 0 Å². The summed E-state index contributed by atoms with van der Waals surface area (Å²) in [5.74, 6) is 0.744. The molecular formula is C14H23N5. The van der Waals surface area contributed by atoms with Crippen molar-refractivity contribution < 1.29 is 0 Å². The van der Waals surface area contributed by atoms with E-state index in [-0.39, 0.29) is 5.84 Å². The molecule has 0 aliphatic carbocycles. The van der Waals surface area contributed by atoms with Gasteiger partial charge in [0.05, 0.1) is 0 Å². The number of nitrogens with zero attached hydrogens (tertiary/aromatic N) is 3. The SMILES string of the molecule is CCC1CCCCCN1c1nc(C)cc(C(=N)N)n1. The molecular weight excluding hydrogens is 238 g/mol. The first-order chi connectivity index (χ1) is 9.11. The number of aryl methyl sites for hydroxylation is 1. The summed E-state index contributed by atoms with van der Waals surface area (Å²) >= 11 is 0. The maximum atomic E-state index is 7.55. The van der Waals surface area contributed by atoms with Crippen LogP contribution in [0.5, 0.6) is 0 Å². The highest BCUT2D eigenvalue weighted by Crippen LogP contribution is 2.23. The van der Waals surface area contributed by atoms with E-state index in [4.69, 9.17) is 11.1 Å². The van der Waals surface area contributed by atoms with Crippen LogP contribution < -0.4 is 10.6 Å². The smallest absolute Gasteiger partial charge is 0.226 e. The number of hydrogen-bond acceptors (Lipinski definition) is 4. The first-order valence-electron chi connectivity index (χ1n) is 7.08. The standard InChI is InChI=1S/C14H23N5/c1-3-11-7-5-4-6-8-19(11)14-17-10(2)9-12(18-14)13(15)16/h9,11H,3-8H2,1-2H3,(H3,15,16). The summed E-state index contributed by atoms with van der Waals surface area (Å²) in [5.41, 5.74) is 6.95. The van der Waals surface area contributed by atoms with Crippen molar-refractivity contribution >= 4 is 11.8 Å². The Balaban J connectivity index is 2.34. The van der Waals surface area contributed by atoms with Crippen molar-refractivity contribution in [3.8, 4) is 0 Å².